The molecule has 0 aliphatic rings. The Balaban J connectivity index is 3.18. The summed E-state index contributed by atoms with van der Waals surface area (Å²) in [4.78, 5) is 2.10. The van der Waals surface area contributed by atoms with Gasteiger partial charge < -0.3 is 15.1 Å². The van der Waals surface area contributed by atoms with Crippen molar-refractivity contribution in [1.82, 2.24) is 4.90 Å². The zero-order valence-corrected chi connectivity index (χ0v) is 10.5. The molecule has 0 saturated heterocycles. The molecule has 16 heavy (non-hydrogen) atoms. The molecule has 0 aliphatic carbocycles. The summed E-state index contributed by atoms with van der Waals surface area (Å²) in [5, 5.41) is 18.6. The molecule has 0 aromatic heterocycles. The Morgan fingerprint density at radius 2 is 1.69 bits per heavy atom. The Bertz CT molecular complexity index is 338. The summed E-state index contributed by atoms with van der Waals surface area (Å²) in [5.41, 5.74) is 3.35. The van der Waals surface area contributed by atoms with Gasteiger partial charge in [-0.05, 0) is 63.2 Å². The van der Waals surface area contributed by atoms with Crippen LogP contribution in [0.2, 0.25) is 0 Å². The largest absolute Gasteiger partial charge is 0.508 e. The number of aliphatic hydroxyl groups excluding tert-OH is 1. The van der Waals surface area contributed by atoms with Crippen molar-refractivity contribution in [1.29, 1.82) is 0 Å². The summed E-state index contributed by atoms with van der Waals surface area (Å²) >= 11 is 0. The van der Waals surface area contributed by atoms with E-state index in [0.29, 0.717) is 12.2 Å². The van der Waals surface area contributed by atoms with E-state index in [9.17, 15) is 5.11 Å². The maximum atomic E-state index is 9.51. The number of aryl methyl sites for hydroxylation is 2. The lowest BCUT2D eigenvalue weighted by Crippen LogP contribution is -2.22. The first-order chi connectivity index (χ1) is 7.47. The molecule has 3 heteroatoms. The zero-order chi connectivity index (χ0) is 12.3. The standard InChI is InChI=1S/C13H21NO2/c1-9-7-11(16)8-10(2)13(9)12(5-6-15)14(3)4/h7-8,12,15-16H,5-6H2,1-4H3. The van der Waals surface area contributed by atoms with E-state index in [4.69, 9.17) is 5.11 Å². The number of benzene rings is 1. The molecule has 0 spiro atoms. The minimum absolute atomic E-state index is 0.169. The Hall–Kier alpha value is -1.06. The topological polar surface area (TPSA) is 43.7 Å². The minimum Gasteiger partial charge on any atom is -0.508 e. The third-order valence-corrected chi connectivity index (χ3v) is 2.94. The van der Waals surface area contributed by atoms with Crippen molar-refractivity contribution in [3.8, 4) is 5.75 Å². The summed E-state index contributed by atoms with van der Waals surface area (Å²) in [6.07, 6.45) is 0.708. The van der Waals surface area contributed by atoms with Crippen LogP contribution in [0.3, 0.4) is 0 Å². The summed E-state index contributed by atoms with van der Waals surface area (Å²) in [6.45, 7) is 4.16. The van der Waals surface area contributed by atoms with Crippen LogP contribution in [0.25, 0.3) is 0 Å². The number of nitrogens with zero attached hydrogens (tertiary/aromatic N) is 1. The highest BCUT2D eigenvalue weighted by Crippen LogP contribution is 2.30. The van der Waals surface area contributed by atoms with Crippen LogP contribution in [0.5, 0.6) is 5.75 Å². The molecule has 0 bridgehead atoms. The van der Waals surface area contributed by atoms with Crippen LogP contribution in [0.15, 0.2) is 12.1 Å². The highest BCUT2D eigenvalue weighted by Gasteiger charge is 2.18. The second kappa shape index (κ2) is 5.32. The van der Waals surface area contributed by atoms with E-state index in [1.165, 1.54) is 5.56 Å². The average molecular weight is 223 g/mol. The number of hydrogen-bond donors (Lipinski definition) is 2. The number of rotatable bonds is 4. The molecule has 0 saturated carbocycles. The Labute approximate surface area is 97.3 Å². The molecule has 0 heterocycles. The molecule has 0 aliphatic heterocycles. The fraction of sp³-hybridized carbons (Fsp3) is 0.538. The van der Waals surface area contributed by atoms with Gasteiger partial charge in [0.2, 0.25) is 0 Å². The van der Waals surface area contributed by atoms with E-state index in [-0.39, 0.29) is 12.6 Å². The van der Waals surface area contributed by atoms with Crippen molar-refractivity contribution >= 4 is 0 Å². The van der Waals surface area contributed by atoms with E-state index in [1.54, 1.807) is 12.1 Å². The molecule has 0 radical (unpaired) electrons. The first-order valence-electron chi connectivity index (χ1n) is 5.54. The Morgan fingerprint density at radius 1 is 1.19 bits per heavy atom. The number of aliphatic hydroxyl groups is 1. The van der Waals surface area contributed by atoms with Crippen molar-refractivity contribution in [2.45, 2.75) is 26.3 Å². The maximum Gasteiger partial charge on any atom is 0.116 e. The second-order valence-corrected chi connectivity index (χ2v) is 4.48. The van der Waals surface area contributed by atoms with Crippen molar-refractivity contribution < 1.29 is 10.2 Å². The zero-order valence-electron chi connectivity index (χ0n) is 10.5. The van der Waals surface area contributed by atoms with Gasteiger partial charge in [0.05, 0.1) is 0 Å². The molecule has 1 aromatic rings. The van der Waals surface area contributed by atoms with Crippen molar-refractivity contribution in [3.63, 3.8) is 0 Å². The Kier molecular flexibility index (Phi) is 4.33. The molecule has 90 valence electrons. The van der Waals surface area contributed by atoms with Gasteiger partial charge >= 0.3 is 0 Å². The van der Waals surface area contributed by atoms with Gasteiger partial charge in [-0.2, -0.15) is 0 Å². The van der Waals surface area contributed by atoms with Gasteiger partial charge in [-0.1, -0.05) is 0 Å². The number of aromatic hydroxyl groups is 1. The minimum atomic E-state index is 0.169. The summed E-state index contributed by atoms with van der Waals surface area (Å²) in [5.74, 6) is 0.306. The van der Waals surface area contributed by atoms with Gasteiger partial charge in [0.25, 0.3) is 0 Å². The van der Waals surface area contributed by atoms with Crippen LogP contribution in [-0.4, -0.2) is 35.8 Å². The Morgan fingerprint density at radius 3 is 2.06 bits per heavy atom. The third kappa shape index (κ3) is 2.74. The predicted molar refractivity (Wildman–Crippen MR) is 65.7 cm³/mol. The summed E-state index contributed by atoms with van der Waals surface area (Å²) in [6, 6.07) is 3.75. The van der Waals surface area contributed by atoms with Gasteiger partial charge in [-0.25, -0.2) is 0 Å². The van der Waals surface area contributed by atoms with Crippen LogP contribution in [0.1, 0.15) is 29.2 Å². The van der Waals surface area contributed by atoms with Gasteiger partial charge in [-0.15, -0.1) is 0 Å². The van der Waals surface area contributed by atoms with E-state index < -0.39 is 0 Å². The molecular weight excluding hydrogens is 202 g/mol. The number of hydrogen-bond acceptors (Lipinski definition) is 3. The first-order valence-corrected chi connectivity index (χ1v) is 5.54. The lowest BCUT2D eigenvalue weighted by Gasteiger charge is -2.27. The third-order valence-electron chi connectivity index (χ3n) is 2.94. The highest BCUT2D eigenvalue weighted by atomic mass is 16.3. The van der Waals surface area contributed by atoms with Crippen LogP contribution in [0.4, 0.5) is 0 Å². The molecule has 1 unspecified atom stereocenters. The first kappa shape index (κ1) is 13.0. The summed E-state index contributed by atoms with van der Waals surface area (Å²) < 4.78 is 0. The molecule has 1 rings (SSSR count). The molecular formula is C13H21NO2. The van der Waals surface area contributed by atoms with Gasteiger partial charge in [0.1, 0.15) is 5.75 Å². The van der Waals surface area contributed by atoms with Crippen molar-refractivity contribution in [3.05, 3.63) is 28.8 Å². The maximum absolute atomic E-state index is 9.51. The average Bonchev–Trinajstić information content (AvgIpc) is 2.14. The fourth-order valence-electron chi connectivity index (χ4n) is 2.26. The molecule has 0 amide bonds. The highest BCUT2D eigenvalue weighted by molar-refractivity contribution is 5.42. The fourth-order valence-corrected chi connectivity index (χ4v) is 2.26. The lowest BCUT2D eigenvalue weighted by molar-refractivity contribution is 0.210. The normalized spacial score (nSPS) is 13.1. The smallest absolute Gasteiger partial charge is 0.116 e. The molecule has 0 fully saturated rings. The van der Waals surface area contributed by atoms with Gasteiger partial charge in [-0.3, -0.25) is 0 Å². The lowest BCUT2D eigenvalue weighted by atomic mass is 9.93. The van der Waals surface area contributed by atoms with Crippen molar-refractivity contribution in [2.24, 2.45) is 0 Å². The number of phenolic OH excluding ortho intramolecular Hbond substituents is 1. The van der Waals surface area contributed by atoms with E-state index in [0.717, 1.165) is 11.1 Å². The predicted octanol–water partition coefficient (Wildman–Crippen LogP) is 1.99. The van der Waals surface area contributed by atoms with Crippen molar-refractivity contribution in [2.75, 3.05) is 20.7 Å². The van der Waals surface area contributed by atoms with Gasteiger partial charge in [0, 0.05) is 12.6 Å². The second-order valence-electron chi connectivity index (χ2n) is 4.48. The van der Waals surface area contributed by atoms with Gasteiger partial charge in [0.15, 0.2) is 0 Å². The monoisotopic (exact) mass is 223 g/mol. The molecule has 1 aromatic carbocycles. The quantitative estimate of drug-likeness (QED) is 0.820. The van der Waals surface area contributed by atoms with E-state index in [2.05, 4.69) is 4.90 Å². The van der Waals surface area contributed by atoms with Crippen LogP contribution in [0, 0.1) is 13.8 Å². The van der Waals surface area contributed by atoms with E-state index in [1.807, 2.05) is 27.9 Å². The SMILES string of the molecule is Cc1cc(O)cc(C)c1C(CCO)N(C)C. The van der Waals surface area contributed by atoms with Crippen LogP contribution in [-0.2, 0) is 0 Å². The van der Waals surface area contributed by atoms with E-state index >= 15 is 0 Å². The molecule has 2 N–H and O–H groups in total. The molecule has 1 atom stereocenters. The van der Waals surface area contributed by atoms with Crippen LogP contribution < -0.4 is 0 Å². The number of phenols is 1. The van der Waals surface area contributed by atoms with Crippen LogP contribution >= 0.6 is 0 Å². The summed E-state index contributed by atoms with van der Waals surface area (Å²) in [7, 11) is 4.01. The molecule has 3 nitrogen and oxygen atoms in total.